The third kappa shape index (κ3) is 3.63. The monoisotopic (exact) mass is 186 g/mol. The molecular weight excluding hydrogens is 164 g/mol. The molecule has 0 aromatic rings. The summed E-state index contributed by atoms with van der Waals surface area (Å²) < 4.78 is 5.05. The Labute approximate surface area is 81.4 Å². The van der Waals surface area contributed by atoms with E-state index >= 15 is 0 Å². The van der Waals surface area contributed by atoms with Crippen LogP contribution in [0, 0.1) is 0 Å². The summed E-state index contributed by atoms with van der Waals surface area (Å²) in [6.07, 6.45) is 1.15. The molecule has 0 bridgehead atoms. The van der Waals surface area contributed by atoms with Gasteiger partial charge in [0.05, 0.1) is 0 Å². The predicted molar refractivity (Wildman–Crippen MR) is 55.0 cm³/mol. The number of nitrogens with one attached hydrogen (secondary N) is 1. The molecule has 0 radical (unpaired) electrons. The van der Waals surface area contributed by atoms with Gasteiger partial charge in [0.1, 0.15) is 0 Å². The van der Waals surface area contributed by atoms with Crippen molar-refractivity contribution in [2.24, 2.45) is 0 Å². The van der Waals surface area contributed by atoms with Crippen LogP contribution in [-0.2, 0) is 4.74 Å². The third-order valence-electron chi connectivity index (χ3n) is 2.69. The van der Waals surface area contributed by atoms with Crippen LogP contribution in [0.3, 0.4) is 0 Å². The van der Waals surface area contributed by atoms with Crippen LogP contribution in [0.4, 0.5) is 0 Å². The van der Waals surface area contributed by atoms with Crippen molar-refractivity contribution in [3.8, 4) is 0 Å². The zero-order chi connectivity index (χ0) is 9.68. The highest BCUT2D eigenvalue weighted by molar-refractivity contribution is 4.80. The molecule has 1 heterocycles. The summed E-state index contributed by atoms with van der Waals surface area (Å²) in [6.45, 7) is 8.87. The zero-order valence-corrected chi connectivity index (χ0v) is 9.05. The van der Waals surface area contributed by atoms with Gasteiger partial charge in [0.15, 0.2) is 0 Å². The smallest absolute Gasteiger partial charge is 0.0474 e. The molecule has 1 aliphatic rings. The molecule has 3 heteroatoms. The number of methoxy groups -OCH3 is 1. The number of rotatable bonds is 4. The molecule has 0 unspecified atom stereocenters. The van der Waals surface area contributed by atoms with Gasteiger partial charge in [0.25, 0.3) is 0 Å². The van der Waals surface area contributed by atoms with Gasteiger partial charge in [-0.25, -0.2) is 0 Å². The Morgan fingerprint density at radius 3 is 2.92 bits per heavy atom. The molecule has 0 spiro atoms. The molecule has 3 nitrogen and oxygen atoms in total. The second-order valence-electron chi connectivity index (χ2n) is 4.00. The molecule has 78 valence electrons. The molecule has 1 fully saturated rings. The first-order valence-electron chi connectivity index (χ1n) is 5.20. The van der Waals surface area contributed by atoms with Crippen LogP contribution in [0.15, 0.2) is 0 Å². The lowest BCUT2D eigenvalue weighted by molar-refractivity contribution is 0.122. The van der Waals surface area contributed by atoms with Crippen LogP contribution < -0.4 is 5.32 Å². The number of nitrogens with zero attached hydrogens (tertiary/aromatic N) is 1. The first kappa shape index (κ1) is 11.0. The Morgan fingerprint density at radius 2 is 2.23 bits per heavy atom. The molecule has 2 atom stereocenters. The number of ether oxygens (including phenoxy) is 1. The molecule has 0 aliphatic carbocycles. The van der Waals surface area contributed by atoms with Crippen LogP contribution in [0.25, 0.3) is 0 Å². The molecule has 0 saturated carbocycles. The first-order chi connectivity index (χ1) is 6.24. The van der Waals surface area contributed by atoms with Crippen molar-refractivity contribution in [2.75, 3.05) is 33.4 Å². The number of piperazine rings is 1. The van der Waals surface area contributed by atoms with E-state index in [0.717, 1.165) is 19.6 Å². The second-order valence-corrected chi connectivity index (χ2v) is 4.00. The Hall–Kier alpha value is -0.120. The van der Waals surface area contributed by atoms with Gasteiger partial charge in [-0.2, -0.15) is 0 Å². The molecule has 1 saturated heterocycles. The van der Waals surface area contributed by atoms with Crippen molar-refractivity contribution in [1.82, 2.24) is 10.2 Å². The predicted octanol–water partition coefficient (Wildman–Crippen LogP) is 0.705. The normalized spacial score (nSPS) is 30.7. The standard InChI is InChI=1S/C10H22N2O/c1-9-8-12(5-4-6-13-3)10(2)7-11-9/h9-11H,4-8H2,1-3H3/t9-,10+/m0/s1. The highest BCUT2D eigenvalue weighted by Gasteiger charge is 2.21. The van der Waals surface area contributed by atoms with Crippen LogP contribution >= 0.6 is 0 Å². The number of hydrogen-bond acceptors (Lipinski definition) is 3. The summed E-state index contributed by atoms with van der Waals surface area (Å²) >= 11 is 0. The fraction of sp³-hybridized carbons (Fsp3) is 1.00. The van der Waals surface area contributed by atoms with Crippen molar-refractivity contribution >= 4 is 0 Å². The minimum atomic E-state index is 0.638. The van der Waals surface area contributed by atoms with Crippen molar-refractivity contribution in [1.29, 1.82) is 0 Å². The number of hydrogen-bond donors (Lipinski definition) is 1. The maximum absolute atomic E-state index is 5.05. The summed E-state index contributed by atoms with van der Waals surface area (Å²) in [4.78, 5) is 2.54. The lowest BCUT2D eigenvalue weighted by atomic mass is 10.1. The van der Waals surface area contributed by atoms with Gasteiger partial charge in [0.2, 0.25) is 0 Å². The van der Waals surface area contributed by atoms with Crippen LogP contribution in [0.2, 0.25) is 0 Å². The minimum Gasteiger partial charge on any atom is -0.385 e. The van der Waals surface area contributed by atoms with Gasteiger partial charge >= 0.3 is 0 Å². The highest BCUT2D eigenvalue weighted by atomic mass is 16.5. The highest BCUT2D eigenvalue weighted by Crippen LogP contribution is 2.06. The average Bonchev–Trinajstić information content (AvgIpc) is 2.11. The van der Waals surface area contributed by atoms with E-state index in [4.69, 9.17) is 4.74 Å². The maximum Gasteiger partial charge on any atom is 0.0474 e. The SMILES string of the molecule is COCCCN1C[C@H](C)NC[C@H]1C. The molecular formula is C10H22N2O. The fourth-order valence-electron chi connectivity index (χ4n) is 1.82. The van der Waals surface area contributed by atoms with Gasteiger partial charge in [0, 0.05) is 45.4 Å². The molecule has 0 amide bonds. The lowest BCUT2D eigenvalue weighted by Gasteiger charge is -2.37. The summed E-state index contributed by atoms with van der Waals surface area (Å²) in [5, 5.41) is 3.48. The fourth-order valence-corrected chi connectivity index (χ4v) is 1.82. The van der Waals surface area contributed by atoms with Crippen molar-refractivity contribution in [2.45, 2.75) is 32.4 Å². The van der Waals surface area contributed by atoms with Gasteiger partial charge < -0.3 is 10.1 Å². The van der Waals surface area contributed by atoms with E-state index in [2.05, 4.69) is 24.1 Å². The van der Waals surface area contributed by atoms with Crippen molar-refractivity contribution < 1.29 is 4.74 Å². The maximum atomic E-state index is 5.05. The van der Waals surface area contributed by atoms with Crippen molar-refractivity contribution in [3.63, 3.8) is 0 Å². The Morgan fingerprint density at radius 1 is 1.46 bits per heavy atom. The zero-order valence-electron chi connectivity index (χ0n) is 9.05. The average molecular weight is 186 g/mol. The summed E-state index contributed by atoms with van der Waals surface area (Å²) in [5.74, 6) is 0. The molecule has 0 aromatic heterocycles. The topological polar surface area (TPSA) is 24.5 Å². The van der Waals surface area contributed by atoms with E-state index in [-0.39, 0.29) is 0 Å². The summed E-state index contributed by atoms with van der Waals surface area (Å²) in [7, 11) is 1.77. The van der Waals surface area contributed by atoms with Gasteiger partial charge in [-0.05, 0) is 20.3 Å². The molecule has 13 heavy (non-hydrogen) atoms. The van der Waals surface area contributed by atoms with E-state index in [1.165, 1.54) is 13.1 Å². The summed E-state index contributed by atoms with van der Waals surface area (Å²) in [5.41, 5.74) is 0. The van der Waals surface area contributed by atoms with E-state index in [1.807, 2.05) is 0 Å². The van der Waals surface area contributed by atoms with Gasteiger partial charge in [-0.1, -0.05) is 0 Å². The minimum absolute atomic E-state index is 0.638. The van der Waals surface area contributed by atoms with E-state index < -0.39 is 0 Å². The third-order valence-corrected chi connectivity index (χ3v) is 2.69. The first-order valence-corrected chi connectivity index (χ1v) is 5.20. The molecule has 1 aliphatic heterocycles. The van der Waals surface area contributed by atoms with Gasteiger partial charge in [-0.3, -0.25) is 4.90 Å². The van der Waals surface area contributed by atoms with Crippen LogP contribution in [0.5, 0.6) is 0 Å². The lowest BCUT2D eigenvalue weighted by Crippen LogP contribution is -2.54. The second kappa shape index (κ2) is 5.58. The van der Waals surface area contributed by atoms with Crippen molar-refractivity contribution in [3.05, 3.63) is 0 Å². The molecule has 1 rings (SSSR count). The van der Waals surface area contributed by atoms with E-state index in [1.54, 1.807) is 7.11 Å². The largest absolute Gasteiger partial charge is 0.385 e. The van der Waals surface area contributed by atoms with Crippen LogP contribution in [0.1, 0.15) is 20.3 Å². The Bertz CT molecular complexity index is 141. The van der Waals surface area contributed by atoms with E-state index in [9.17, 15) is 0 Å². The molecule has 1 N–H and O–H groups in total. The van der Waals surface area contributed by atoms with Gasteiger partial charge in [-0.15, -0.1) is 0 Å². The Balaban J connectivity index is 2.21. The Kier molecular flexibility index (Phi) is 4.70. The summed E-state index contributed by atoms with van der Waals surface area (Å²) in [6, 6.07) is 1.31. The van der Waals surface area contributed by atoms with E-state index in [0.29, 0.717) is 12.1 Å². The molecule has 0 aromatic carbocycles. The van der Waals surface area contributed by atoms with Crippen LogP contribution in [-0.4, -0.2) is 50.3 Å². The quantitative estimate of drug-likeness (QED) is 0.654.